The Hall–Kier alpha value is -2.36. The first-order chi connectivity index (χ1) is 12.1. The van der Waals surface area contributed by atoms with E-state index in [1.165, 1.54) is 0 Å². The number of nitrogens with one attached hydrogen (secondary N) is 2. The van der Waals surface area contributed by atoms with Crippen LogP contribution in [0.5, 0.6) is 0 Å². The van der Waals surface area contributed by atoms with Gasteiger partial charge in [-0.25, -0.2) is 9.59 Å². The lowest BCUT2D eigenvalue weighted by molar-refractivity contribution is 0.0453. The third kappa shape index (κ3) is 4.38. The van der Waals surface area contributed by atoms with Gasteiger partial charge < -0.3 is 29.5 Å². The van der Waals surface area contributed by atoms with E-state index >= 15 is 0 Å². The summed E-state index contributed by atoms with van der Waals surface area (Å²) in [5.74, 6) is 0.915. The SMILES string of the molecule is COCCc1noc(CNC(=O)N2CCC[C@@]3(CC2)CNC(=O)O3)n1. The van der Waals surface area contributed by atoms with Gasteiger partial charge in [0.15, 0.2) is 5.82 Å². The van der Waals surface area contributed by atoms with Gasteiger partial charge in [0.05, 0.1) is 19.7 Å². The first-order valence-electron chi connectivity index (χ1n) is 8.40. The Bertz CT molecular complexity index is 621. The van der Waals surface area contributed by atoms with Crippen molar-refractivity contribution in [3.63, 3.8) is 0 Å². The number of alkyl carbamates (subject to hydrolysis) is 1. The van der Waals surface area contributed by atoms with Gasteiger partial charge in [-0.05, 0) is 12.8 Å². The molecule has 2 N–H and O–H groups in total. The number of amides is 3. The summed E-state index contributed by atoms with van der Waals surface area (Å²) in [4.78, 5) is 29.6. The molecule has 25 heavy (non-hydrogen) atoms. The molecular weight excluding hydrogens is 330 g/mol. The van der Waals surface area contributed by atoms with Crippen molar-refractivity contribution in [3.05, 3.63) is 11.7 Å². The van der Waals surface area contributed by atoms with E-state index in [1.54, 1.807) is 12.0 Å². The lowest BCUT2D eigenvalue weighted by Crippen LogP contribution is -2.41. The fourth-order valence-electron chi connectivity index (χ4n) is 3.07. The maximum Gasteiger partial charge on any atom is 0.407 e. The standard InChI is InChI=1S/C15H23N5O5/c1-23-8-3-11-18-12(25-19-11)9-16-13(21)20-6-2-4-15(5-7-20)10-17-14(22)24-15/h2-10H2,1H3,(H,16,21)(H,17,22)/t15-/m1/s1. The van der Waals surface area contributed by atoms with E-state index in [0.717, 1.165) is 12.8 Å². The number of aromatic nitrogens is 2. The van der Waals surface area contributed by atoms with Crippen LogP contribution in [0.4, 0.5) is 9.59 Å². The molecule has 3 rings (SSSR count). The maximum atomic E-state index is 12.4. The lowest BCUT2D eigenvalue weighted by Gasteiger charge is -2.24. The third-order valence-electron chi connectivity index (χ3n) is 4.48. The molecule has 2 aliphatic rings. The molecule has 0 radical (unpaired) electrons. The topological polar surface area (TPSA) is 119 Å². The zero-order valence-corrected chi connectivity index (χ0v) is 14.2. The van der Waals surface area contributed by atoms with E-state index in [9.17, 15) is 9.59 Å². The van der Waals surface area contributed by atoms with Crippen LogP contribution in [0.2, 0.25) is 0 Å². The molecule has 0 unspecified atom stereocenters. The predicted octanol–water partition coefficient (Wildman–Crippen LogP) is 0.433. The molecule has 2 fully saturated rings. The maximum absolute atomic E-state index is 12.4. The molecule has 1 aromatic heterocycles. The van der Waals surface area contributed by atoms with Gasteiger partial charge in [-0.1, -0.05) is 5.16 Å². The van der Waals surface area contributed by atoms with Crippen molar-refractivity contribution in [2.75, 3.05) is 33.4 Å². The third-order valence-corrected chi connectivity index (χ3v) is 4.48. The van der Waals surface area contributed by atoms with E-state index in [4.69, 9.17) is 14.0 Å². The molecule has 1 spiro atoms. The summed E-state index contributed by atoms with van der Waals surface area (Å²) in [6, 6.07) is -0.189. The zero-order valence-electron chi connectivity index (χ0n) is 14.2. The molecule has 138 valence electrons. The van der Waals surface area contributed by atoms with Crippen molar-refractivity contribution in [1.82, 2.24) is 25.7 Å². The highest BCUT2D eigenvalue weighted by atomic mass is 16.6. The highest BCUT2D eigenvalue weighted by Crippen LogP contribution is 2.29. The van der Waals surface area contributed by atoms with E-state index in [0.29, 0.717) is 50.8 Å². The Balaban J connectivity index is 1.46. The van der Waals surface area contributed by atoms with Crippen LogP contribution in [0.1, 0.15) is 31.0 Å². The minimum Gasteiger partial charge on any atom is -0.441 e. The lowest BCUT2D eigenvalue weighted by atomic mass is 9.95. The van der Waals surface area contributed by atoms with Crippen molar-refractivity contribution >= 4 is 12.1 Å². The van der Waals surface area contributed by atoms with Gasteiger partial charge >= 0.3 is 12.1 Å². The number of ether oxygens (including phenoxy) is 2. The number of methoxy groups -OCH3 is 1. The van der Waals surface area contributed by atoms with E-state index in [2.05, 4.69) is 20.8 Å². The molecule has 2 aliphatic heterocycles. The van der Waals surface area contributed by atoms with Crippen LogP contribution >= 0.6 is 0 Å². The molecule has 3 heterocycles. The number of rotatable bonds is 5. The average molecular weight is 353 g/mol. The van der Waals surface area contributed by atoms with Gasteiger partial charge in [-0.2, -0.15) is 4.98 Å². The molecule has 0 aliphatic carbocycles. The van der Waals surface area contributed by atoms with Gasteiger partial charge in [0.1, 0.15) is 5.60 Å². The minimum atomic E-state index is -0.477. The second-order valence-electron chi connectivity index (χ2n) is 6.27. The molecule has 0 bridgehead atoms. The van der Waals surface area contributed by atoms with Crippen LogP contribution in [0.25, 0.3) is 0 Å². The van der Waals surface area contributed by atoms with E-state index < -0.39 is 5.60 Å². The molecule has 2 saturated heterocycles. The van der Waals surface area contributed by atoms with Crippen molar-refractivity contribution in [2.45, 2.75) is 37.8 Å². The number of urea groups is 1. The molecule has 0 saturated carbocycles. The minimum absolute atomic E-state index is 0.178. The predicted molar refractivity (Wildman–Crippen MR) is 84.8 cm³/mol. The number of carbonyl (C=O) groups excluding carboxylic acids is 2. The highest BCUT2D eigenvalue weighted by molar-refractivity contribution is 5.74. The van der Waals surface area contributed by atoms with Crippen LogP contribution in [0.3, 0.4) is 0 Å². The van der Waals surface area contributed by atoms with Gasteiger partial charge in [-0.15, -0.1) is 0 Å². The molecule has 1 aromatic rings. The Kier molecular flexibility index (Phi) is 5.37. The summed E-state index contributed by atoms with van der Waals surface area (Å²) >= 11 is 0. The number of hydrogen-bond acceptors (Lipinski definition) is 7. The molecule has 10 heteroatoms. The monoisotopic (exact) mass is 353 g/mol. The molecule has 0 aromatic carbocycles. The zero-order chi connectivity index (χ0) is 17.7. The normalized spacial score (nSPS) is 23.2. The summed E-state index contributed by atoms with van der Waals surface area (Å²) in [7, 11) is 1.61. The molecule has 10 nitrogen and oxygen atoms in total. The summed E-state index contributed by atoms with van der Waals surface area (Å²) in [6.45, 7) is 2.35. The number of nitrogens with zero attached hydrogens (tertiary/aromatic N) is 3. The second kappa shape index (κ2) is 7.68. The fraction of sp³-hybridized carbons (Fsp3) is 0.733. The summed E-state index contributed by atoms with van der Waals surface area (Å²) in [5, 5.41) is 9.32. The van der Waals surface area contributed by atoms with Crippen LogP contribution in [0.15, 0.2) is 4.52 Å². The molecule has 1 atom stereocenters. The van der Waals surface area contributed by atoms with Gasteiger partial charge in [0.2, 0.25) is 5.89 Å². The number of carbonyl (C=O) groups is 2. The quantitative estimate of drug-likeness (QED) is 0.788. The number of likely N-dealkylation sites (tertiary alicyclic amines) is 1. The largest absolute Gasteiger partial charge is 0.441 e. The first-order valence-corrected chi connectivity index (χ1v) is 8.40. The summed E-state index contributed by atoms with van der Waals surface area (Å²) in [5.41, 5.74) is -0.477. The van der Waals surface area contributed by atoms with Crippen molar-refractivity contribution in [1.29, 1.82) is 0 Å². The van der Waals surface area contributed by atoms with Crippen LogP contribution < -0.4 is 10.6 Å². The van der Waals surface area contributed by atoms with E-state index in [1.807, 2.05) is 0 Å². The average Bonchev–Trinajstić information content (AvgIpc) is 3.14. The van der Waals surface area contributed by atoms with Crippen LogP contribution in [0, 0.1) is 0 Å². The number of hydrogen-bond donors (Lipinski definition) is 2. The fourth-order valence-corrected chi connectivity index (χ4v) is 3.07. The Morgan fingerprint density at radius 1 is 1.44 bits per heavy atom. The van der Waals surface area contributed by atoms with Crippen molar-refractivity contribution in [3.8, 4) is 0 Å². The molecular formula is C15H23N5O5. The second-order valence-corrected chi connectivity index (χ2v) is 6.27. The van der Waals surface area contributed by atoms with Crippen LogP contribution in [-0.4, -0.2) is 66.1 Å². The van der Waals surface area contributed by atoms with Gasteiger partial charge in [0, 0.05) is 33.0 Å². The first kappa shape index (κ1) is 17.5. The summed E-state index contributed by atoms with van der Waals surface area (Å²) in [6.07, 6.45) is 2.35. The Labute approximate surface area is 145 Å². The Morgan fingerprint density at radius 2 is 2.32 bits per heavy atom. The van der Waals surface area contributed by atoms with E-state index in [-0.39, 0.29) is 18.7 Å². The van der Waals surface area contributed by atoms with Gasteiger partial charge in [-0.3, -0.25) is 0 Å². The smallest absolute Gasteiger partial charge is 0.407 e. The van der Waals surface area contributed by atoms with Gasteiger partial charge in [0.25, 0.3) is 0 Å². The molecule has 3 amide bonds. The summed E-state index contributed by atoms with van der Waals surface area (Å²) < 4.78 is 15.5. The van der Waals surface area contributed by atoms with Crippen molar-refractivity contribution < 1.29 is 23.6 Å². The van der Waals surface area contributed by atoms with Crippen LogP contribution in [-0.2, 0) is 22.4 Å². The highest BCUT2D eigenvalue weighted by Gasteiger charge is 2.41. The Morgan fingerprint density at radius 3 is 3.08 bits per heavy atom. The van der Waals surface area contributed by atoms with Crippen molar-refractivity contribution in [2.24, 2.45) is 0 Å².